The monoisotopic (exact) mass is 218 g/mol. The van der Waals surface area contributed by atoms with E-state index in [2.05, 4.69) is 23.4 Å². The number of nitrogens with zero attached hydrogens (tertiary/aromatic N) is 1. The second-order valence-corrected chi connectivity index (χ2v) is 4.84. The zero-order chi connectivity index (χ0) is 11.0. The van der Waals surface area contributed by atoms with Gasteiger partial charge in [0.25, 0.3) is 0 Å². The third-order valence-electron chi connectivity index (χ3n) is 2.51. The first-order valence-corrected chi connectivity index (χ1v) is 5.75. The Kier molecular flexibility index (Phi) is 2.49. The van der Waals surface area contributed by atoms with Gasteiger partial charge in [0, 0.05) is 16.6 Å². The summed E-state index contributed by atoms with van der Waals surface area (Å²) >= 11 is 1.67. The van der Waals surface area contributed by atoms with Crippen molar-refractivity contribution in [2.75, 3.05) is 5.73 Å². The molecule has 2 rings (SSSR count). The Hall–Kier alpha value is -1.35. The Morgan fingerprint density at radius 2 is 1.87 bits per heavy atom. The van der Waals surface area contributed by atoms with Gasteiger partial charge in [0.1, 0.15) is 0 Å². The summed E-state index contributed by atoms with van der Waals surface area (Å²) in [5.74, 6) is 0. The predicted molar refractivity (Wildman–Crippen MR) is 66.2 cm³/mol. The van der Waals surface area contributed by atoms with Crippen molar-refractivity contribution in [1.82, 2.24) is 4.98 Å². The predicted octanol–water partition coefficient (Wildman–Crippen LogP) is 3.32. The van der Waals surface area contributed by atoms with E-state index in [4.69, 9.17) is 5.73 Å². The fourth-order valence-corrected chi connectivity index (χ4v) is 2.25. The van der Waals surface area contributed by atoms with Crippen molar-refractivity contribution in [2.24, 2.45) is 0 Å². The molecule has 0 aliphatic carbocycles. The van der Waals surface area contributed by atoms with Crippen LogP contribution in [-0.2, 0) is 0 Å². The Bertz CT molecular complexity index is 500. The number of aromatic nitrogens is 1. The van der Waals surface area contributed by atoms with Crippen molar-refractivity contribution in [3.63, 3.8) is 0 Å². The summed E-state index contributed by atoms with van der Waals surface area (Å²) in [6.45, 7) is 6.13. The van der Waals surface area contributed by atoms with Gasteiger partial charge in [-0.1, -0.05) is 6.07 Å². The Morgan fingerprint density at radius 1 is 1.13 bits per heavy atom. The summed E-state index contributed by atoms with van der Waals surface area (Å²) < 4.78 is 0. The Labute approximate surface area is 93.8 Å². The van der Waals surface area contributed by atoms with Crippen LogP contribution < -0.4 is 5.73 Å². The molecule has 0 fully saturated rings. The highest BCUT2D eigenvalue weighted by Crippen LogP contribution is 2.28. The molecule has 0 aliphatic rings. The third-order valence-corrected chi connectivity index (χ3v) is 3.28. The molecule has 0 unspecified atom stereocenters. The molecule has 2 N–H and O–H groups in total. The van der Waals surface area contributed by atoms with Gasteiger partial charge in [-0.2, -0.15) is 0 Å². The van der Waals surface area contributed by atoms with E-state index < -0.39 is 0 Å². The van der Waals surface area contributed by atoms with E-state index in [0.29, 0.717) is 0 Å². The molecule has 0 saturated carbocycles. The number of nitrogens with two attached hydrogens (primary N) is 1. The van der Waals surface area contributed by atoms with Crippen LogP contribution in [0.3, 0.4) is 0 Å². The van der Waals surface area contributed by atoms with Crippen LogP contribution >= 0.6 is 11.3 Å². The maximum absolute atomic E-state index is 5.91. The van der Waals surface area contributed by atoms with Gasteiger partial charge in [0.15, 0.2) is 0 Å². The summed E-state index contributed by atoms with van der Waals surface area (Å²) in [4.78, 5) is 4.48. The van der Waals surface area contributed by atoms with Crippen LogP contribution in [-0.4, -0.2) is 4.98 Å². The van der Waals surface area contributed by atoms with Crippen LogP contribution in [0.5, 0.6) is 0 Å². The maximum Gasteiger partial charge on any atom is 0.0901 e. The van der Waals surface area contributed by atoms with E-state index >= 15 is 0 Å². The van der Waals surface area contributed by atoms with E-state index in [0.717, 1.165) is 27.5 Å². The van der Waals surface area contributed by atoms with Gasteiger partial charge >= 0.3 is 0 Å². The Morgan fingerprint density at radius 3 is 2.47 bits per heavy atom. The first kappa shape index (κ1) is 10.2. The Balaban J connectivity index is 2.58. The van der Waals surface area contributed by atoms with Crippen molar-refractivity contribution in [3.8, 4) is 11.3 Å². The number of hydrogen-bond donors (Lipinski definition) is 1. The average molecular weight is 218 g/mol. The number of thiazole rings is 1. The molecular formula is C12H14N2S. The fourth-order valence-electron chi connectivity index (χ4n) is 1.63. The van der Waals surface area contributed by atoms with Crippen LogP contribution in [0.15, 0.2) is 17.5 Å². The van der Waals surface area contributed by atoms with Crippen LogP contribution in [0.4, 0.5) is 5.69 Å². The van der Waals surface area contributed by atoms with Crippen LogP contribution in [0.2, 0.25) is 0 Å². The number of anilines is 1. The topological polar surface area (TPSA) is 38.9 Å². The number of benzene rings is 1. The lowest BCUT2D eigenvalue weighted by Gasteiger charge is -2.07. The van der Waals surface area contributed by atoms with Crippen molar-refractivity contribution < 1.29 is 0 Å². The standard InChI is InChI=1S/C12H14N2S/c1-7-4-8(2)11(13)5-10(7)12-6-15-9(3)14-12/h4-6H,13H2,1-3H3. The minimum Gasteiger partial charge on any atom is -0.398 e. The van der Waals surface area contributed by atoms with Crippen LogP contribution in [0, 0.1) is 20.8 Å². The van der Waals surface area contributed by atoms with Gasteiger partial charge in [-0.3, -0.25) is 0 Å². The molecule has 15 heavy (non-hydrogen) atoms. The van der Waals surface area contributed by atoms with Gasteiger partial charge in [-0.15, -0.1) is 11.3 Å². The van der Waals surface area contributed by atoms with Crippen LogP contribution in [0.1, 0.15) is 16.1 Å². The molecular weight excluding hydrogens is 204 g/mol. The number of rotatable bonds is 1. The van der Waals surface area contributed by atoms with Gasteiger partial charge < -0.3 is 5.73 Å². The molecule has 78 valence electrons. The summed E-state index contributed by atoms with van der Waals surface area (Å²) in [7, 11) is 0. The molecule has 2 aromatic rings. The zero-order valence-corrected chi connectivity index (χ0v) is 9.98. The first-order valence-electron chi connectivity index (χ1n) is 4.87. The SMILES string of the molecule is Cc1nc(-c2cc(N)c(C)cc2C)cs1. The number of aryl methyl sites for hydroxylation is 3. The van der Waals surface area contributed by atoms with Crippen LogP contribution in [0.25, 0.3) is 11.3 Å². The largest absolute Gasteiger partial charge is 0.398 e. The van der Waals surface area contributed by atoms with Gasteiger partial charge in [-0.05, 0) is 38.0 Å². The molecule has 3 heteroatoms. The highest BCUT2D eigenvalue weighted by Gasteiger charge is 2.07. The van der Waals surface area contributed by atoms with E-state index in [9.17, 15) is 0 Å². The molecule has 1 heterocycles. The molecule has 2 nitrogen and oxygen atoms in total. The minimum atomic E-state index is 0.834. The molecule has 0 aliphatic heterocycles. The van der Waals surface area contributed by atoms with Crippen molar-refractivity contribution >= 4 is 17.0 Å². The number of hydrogen-bond acceptors (Lipinski definition) is 3. The summed E-state index contributed by atoms with van der Waals surface area (Å²) in [5.41, 5.74) is 11.3. The molecule has 0 radical (unpaired) electrons. The molecule has 0 spiro atoms. The van der Waals surface area contributed by atoms with Crippen molar-refractivity contribution in [1.29, 1.82) is 0 Å². The lowest BCUT2D eigenvalue weighted by Crippen LogP contribution is -1.93. The lowest BCUT2D eigenvalue weighted by atomic mass is 10.0. The van der Waals surface area contributed by atoms with Gasteiger partial charge in [-0.25, -0.2) is 4.98 Å². The maximum atomic E-state index is 5.91. The summed E-state index contributed by atoms with van der Waals surface area (Å²) in [5, 5.41) is 3.16. The van der Waals surface area contributed by atoms with E-state index in [1.165, 1.54) is 5.56 Å². The second kappa shape index (κ2) is 3.66. The van der Waals surface area contributed by atoms with E-state index in [-0.39, 0.29) is 0 Å². The van der Waals surface area contributed by atoms with Crippen molar-refractivity contribution in [3.05, 3.63) is 33.6 Å². The normalized spacial score (nSPS) is 10.6. The lowest BCUT2D eigenvalue weighted by molar-refractivity contribution is 1.28. The molecule has 1 aromatic heterocycles. The summed E-state index contributed by atoms with van der Waals surface area (Å²) in [6.07, 6.45) is 0. The van der Waals surface area contributed by atoms with E-state index in [1.807, 2.05) is 19.9 Å². The highest BCUT2D eigenvalue weighted by atomic mass is 32.1. The average Bonchev–Trinajstić information content (AvgIpc) is 2.58. The van der Waals surface area contributed by atoms with Gasteiger partial charge in [0.2, 0.25) is 0 Å². The minimum absolute atomic E-state index is 0.834. The summed E-state index contributed by atoms with van der Waals surface area (Å²) in [6, 6.07) is 4.12. The highest BCUT2D eigenvalue weighted by molar-refractivity contribution is 7.09. The van der Waals surface area contributed by atoms with Crippen molar-refractivity contribution in [2.45, 2.75) is 20.8 Å². The molecule has 0 saturated heterocycles. The second-order valence-electron chi connectivity index (χ2n) is 3.78. The first-order chi connectivity index (χ1) is 7.08. The fraction of sp³-hybridized carbons (Fsp3) is 0.250. The number of nitrogen functional groups attached to an aromatic ring is 1. The molecule has 0 bridgehead atoms. The zero-order valence-electron chi connectivity index (χ0n) is 9.16. The van der Waals surface area contributed by atoms with Gasteiger partial charge in [0.05, 0.1) is 10.7 Å². The molecule has 1 aromatic carbocycles. The van der Waals surface area contributed by atoms with E-state index in [1.54, 1.807) is 11.3 Å². The quantitative estimate of drug-likeness (QED) is 0.746. The smallest absolute Gasteiger partial charge is 0.0901 e. The molecule has 0 atom stereocenters. The third kappa shape index (κ3) is 1.88. The molecule has 0 amide bonds.